The molecule has 1 N–H and O–H groups in total. The number of hydrogen-bond donors (Lipinski definition) is 1. The van der Waals surface area contributed by atoms with Gasteiger partial charge >= 0.3 is 0 Å². The van der Waals surface area contributed by atoms with Crippen LogP contribution in [0.4, 0.5) is 0 Å². The Bertz CT molecular complexity index is 222. The predicted octanol–water partition coefficient (Wildman–Crippen LogP) is 1.46. The van der Waals surface area contributed by atoms with E-state index in [1.807, 2.05) is 13.8 Å². The summed E-state index contributed by atoms with van der Waals surface area (Å²) in [5.74, 6) is 0. The number of rotatable bonds is 9. The van der Waals surface area contributed by atoms with Crippen LogP contribution in [0.25, 0.3) is 0 Å². The van der Waals surface area contributed by atoms with Gasteiger partial charge < -0.3 is 9.47 Å². The van der Waals surface area contributed by atoms with Gasteiger partial charge in [0.2, 0.25) is 0 Å². The molecule has 1 atom stereocenters. The van der Waals surface area contributed by atoms with Crippen LogP contribution < -0.4 is 5.32 Å². The fraction of sp³-hybridized carbons (Fsp3) is 0.917. The molecule has 0 aromatic heterocycles. The Balaban J connectivity index is 1.90. The second-order valence-electron chi connectivity index (χ2n) is 4.44. The molecule has 0 aromatic carbocycles. The number of nitriles is 1. The molecule has 0 aliphatic heterocycles. The van der Waals surface area contributed by atoms with Gasteiger partial charge in [0.25, 0.3) is 0 Å². The zero-order chi connectivity index (χ0) is 11.8. The monoisotopic (exact) mass is 226 g/mol. The molecule has 0 bridgehead atoms. The van der Waals surface area contributed by atoms with Gasteiger partial charge in [0.15, 0.2) is 0 Å². The van der Waals surface area contributed by atoms with Gasteiger partial charge in [-0.25, -0.2) is 0 Å². The normalized spacial score (nSPS) is 17.4. The first-order chi connectivity index (χ1) is 7.72. The van der Waals surface area contributed by atoms with Gasteiger partial charge in [-0.2, -0.15) is 5.26 Å². The van der Waals surface area contributed by atoms with Crippen molar-refractivity contribution < 1.29 is 9.47 Å². The van der Waals surface area contributed by atoms with Gasteiger partial charge in [0.05, 0.1) is 31.4 Å². The number of hydrogen-bond acceptors (Lipinski definition) is 4. The second-order valence-corrected chi connectivity index (χ2v) is 4.44. The molecule has 0 heterocycles. The number of ether oxygens (including phenoxy) is 2. The lowest BCUT2D eigenvalue weighted by Gasteiger charge is -2.11. The summed E-state index contributed by atoms with van der Waals surface area (Å²) in [6, 6.07) is 2.78. The molecule has 0 aromatic rings. The quantitative estimate of drug-likeness (QED) is 0.605. The summed E-state index contributed by atoms with van der Waals surface area (Å²) >= 11 is 0. The maximum Gasteiger partial charge on any atom is 0.0977 e. The lowest BCUT2D eigenvalue weighted by molar-refractivity contribution is 0.0182. The van der Waals surface area contributed by atoms with E-state index in [0.717, 1.165) is 6.42 Å². The fourth-order valence-electron chi connectivity index (χ4n) is 1.37. The zero-order valence-corrected chi connectivity index (χ0v) is 10.2. The Morgan fingerprint density at radius 3 is 2.62 bits per heavy atom. The predicted molar refractivity (Wildman–Crippen MR) is 62.1 cm³/mol. The third kappa shape index (κ3) is 6.78. The van der Waals surface area contributed by atoms with Crippen LogP contribution in [-0.4, -0.2) is 38.0 Å². The largest absolute Gasteiger partial charge is 0.379 e. The Kier molecular flexibility index (Phi) is 6.39. The first-order valence-electron chi connectivity index (χ1n) is 6.07. The van der Waals surface area contributed by atoms with E-state index < -0.39 is 0 Å². The number of nitrogens with one attached hydrogen (secondary N) is 1. The van der Waals surface area contributed by atoms with Crippen molar-refractivity contribution in [3.05, 3.63) is 0 Å². The summed E-state index contributed by atoms with van der Waals surface area (Å²) in [4.78, 5) is 0. The highest BCUT2D eigenvalue weighted by molar-refractivity contribution is 4.95. The summed E-state index contributed by atoms with van der Waals surface area (Å²) in [7, 11) is 0. The van der Waals surface area contributed by atoms with Crippen molar-refractivity contribution in [1.82, 2.24) is 5.32 Å². The lowest BCUT2D eigenvalue weighted by Crippen LogP contribution is -2.30. The Hall–Kier alpha value is -0.630. The Labute approximate surface area is 97.9 Å². The van der Waals surface area contributed by atoms with Crippen molar-refractivity contribution in [3.8, 4) is 6.07 Å². The molecule has 0 saturated heterocycles. The molecule has 92 valence electrons. The second kappa shape index (κ2) is 7.61. The van der Waals surface area contributed by atoms with Gasteiger partial charge in [-0.15, -0.1) is 0 Å². The molecule has 0 radical (unpaired) electrons. The van der Waals surface area contributed by atoms with Crippen LogP contribution >= 0.6 is 0 Å². The van der Waals surface area contributed by atoms with E-state index in [9.17, 15) is 0 Å². The van der Waals surface area contributed by atoms with E-state index >= 15 is 0 Å². The highest BCUT2D eigenvalue weighted by atomic mass is 16.5. The SMILES string of the molecule is CC(C)OCCOCCC(C#N)NC1CC1. The smallest absolute Gasteiger partial charge is 0.0977 e. The first kappa shape index (κ1) is 13.4. The van der Waals surface area contributed by atoms with Crippen LogP contribution in [0.15, 0.2) is 0 Å². The fourth-order valence-corrected chi connectivity index (χ4v) is 1.37. The van der Waals surface area contributed by atoms with Crippen LogP contribution in [0.1, 0.15) is 33.1 Å². The van der Waals surface area contributed by atoms with Crippen molar-refractivity contribution >= 4 is 0 Å². The van der Waals surface area contributed by atoms with Crippen LogP contribution in [-0.2, 0) is 9.47 Å². The van der Waals surface area contributed by atoms with Crippen molar-refractivity contribution in [2.45, 2.75) is 51.3 Å². The van der Waals surface area contributed by atoms with Gasteiger partial charge in [0, 0.05) is 12.6 Å². The molecular weight excluding hydrogens is 204 g/mol. The summed E-state index contributed by atoms with van der Waals surface area (Å²) in [5.41, 5.74) is 0. The Morgan fingerprint density at radius 2 is 2.06 bits per heavy atom. The van der Waals surface area contributed by atoms with E-state index in [0.29, 0.717) is 25.9 Å². The van der Waals surface area contributed by atoms with E-state index in [4.69, 9.17) is 14.7 Å². The highest BCUT2D eigenvalue weighted by Crippen LogP contribution is 2.19. The molecule has 1 aliphatic carbocycles. The maximum absolute atomic E-state index is 8.89. The van der Waals surface area contributed by atoms with Crippen LogP contribution in [0.5, 0.6) is 0 Å². The molecule has 16 heavy (non-hydrogen) atoms. The third-order valence-electron chi connectivity index (χ3n) is 2.40. The molecule has 0 spiro atoms. The topological polar surface area (TPSA) is 54.3 Å². The molecule has 1 unspecified atom stereocenters. The van der Waals surface area contributed by atoms with Crippen LogP contribution in [0.2, 0.25) is 0 Å². The standard InChI is InChI=1S/C12H22N2O2/c1-10(2)16-8-7-15-6-5-12(9-13)14-11-3-4-11/h10-12,14H,3-8H2,1-2H3. The molecule has 1 aliphatic rings. The highest BCUT2D eigenvalue weighted by Gasteiger charge is 2.24. The van der Waals surface area contributed by atoms with Crippen molar-refractivity contribution in [2.75, 3.05) is 19.8 Å². The minimum Gasteiger partial charge on any atom is -0.379 e. The van der Waals surface area contributed by atoms with E-state index in [1.54, 1.807) is 0 Å². The summed E-state index contributed by atoms with van der Waals surface area (Å²) in [6.45, 7) is 5.88. The molecule has 0 amide bonds. The minimum absolute atomic E-state index is 0.0569. The first-order valence-corrected chi connectivity index (χ1v) is 6.07. The molecule has 1 saturated carbocycles. The van der Waals surface area contributed by atoms with E-state index in [1.165, 1.54) is 12.8 Å². The van der Waals surface area contributed by atoms with Gasteiger partial charge in [0.1, 0.15) is 0 Å². The van der Waals surface area contributed by atoms with Crippen LogP contribution in [0, 0.1) is 11.3 Å². The molecule has 4 heteroatoms. The molecule has 4 nitrogen and oxygen atoms in total. The van der Waals surface area contributed by atoms with Crippen molar-refractivity contribution in [1.29, 1.82) is 5.26 Å². The maximum atomic E-state index is 8.89. The minimum atomic E-state index is -0.0569. The average molecular weight is 226 g/mol. The van der Waals surface area contributed by atoms with Crippen molar-refractivity contribution in [3.63, 3.8) is 0 Å². The molecular formula is C12H22N2O2. The van der Waals surface area contributed by atoms with Crippen molar-refractivity contribution in [2.24, 2.45) is 0 Å². The third-order valence-corrected chi connectivity index (χ3v) is 2.40. The molecule has 1 rings (SSSR count). The summed E-state index contributed by atoms with van der Waals surface area (Å²) in [6.07, 6.45) is 3.43. The summed E-state index contributed by atoms with van der Waals surface area (Å²) < 4.78 is 10.7. The van der Waals surface area contributed by atoms with Gasteiger partial charge in [-0.3, -0.25) is 5.32 Å². The van der Waals surface area contributed by atoms with Gasteiger partial charge in [-0.05, 0) is 33.1 Å². The van der Waals surface area contributed by atoms with Crippen LogP contribution in [0.3, 0.4) is 0 Å². The molecule has 1 fully saturated rings. The summed E-state index contributed by atoms with van der Waals surface area (Å²) in [5, 5.41) is 12.2. The zero-order valence-electron chi connectivity index (χ0n) is 10.2. The Morgan fingerprint density at radius 1 is 1.31 bits per heavy atom. The number of nitrogens with zero attached hydrogens (tertiary/aromatic N) is 1. The average Bonchev–Trinajstić information content (AvgIpc) is 3.04. The van der Waals surface area contributed by atoms with E-state index in [-0.39, 0.29) is 12.1 Å². The van der Waals surface area contributed by atoms with Gasteiger partial charge in [-0.1, -0.05) is 0 Å². The lowest BCUT2D eigenvalue weighted by atomic mass is 10.2. The van der Waals surface area contributed by atoms with E-state index in [2.05, 4.69) is 11.4 Å².